The van der Waals surface area contributed by atoms with E-state index in [9.17, 15) is 4.79 Å². The molecule has 6 nitrogen and oxygen atoms in total. The number of ether oxygens (including phenoxy) is 1. The summed E-state index contributed by atoms with van der Waals surface area (Å²) in [6.07, 6.45) is 0. The van der Waals surface area contributed by atoms with Crippen molar-refractivity contribution in [3.05, 3.63) is 74.7 Å². The fraction of sp³-hybridized carbons (Fsp3) is 0.143. The first-order valence-electron chi connectivity index (χ1n) is 9.28. The third-order valence-corrected chi connectivity index (χ3v) is 6.82. The maximum absolute atomic E-state index is 11.9. The lowest BCUT2D eigenvalue weighted by Gasteiger charge is -2.12. The van der Waals surface area contributed by atoms with Gasteiger partial charge in [0.15, 0.2) is 16.7 Å². The second-order valence-electron chi connectivity index (χ2n) is 6.21. The lowest BCUT2D eigenvalue weighted by atomic mass is 10.2. The quantitative estimate of drug-likeness (QED) is 0.228. The van der Waals surface area contributed by atoms with Gasteiger partial charge >= 0.3 is 5.97 Å². The van der Waals surface area contributed by atoms with E-state index >= 15 is 0 Å². The molecule has 4 rings (SSSR count). The molecule has 0 spiro atoms. The van der Waals surface area contributed by atoms with Gasteiger partial charge in [0.05, 0.1) is 28.1 Å². The van der Waals surface area contributed by atoms with E-state index in [1.807, 2.05) is 53.1 Å². The molecular weight excluding hydrogens is 475 g/mol. The molecule has 0 aliphatic heterocycles. The number of aromatic nitrogens is 4. The SMILES string of the molecule is CCOC(=O)c1csc(CSc2nnc(-c3ccccc3Cl)n2-c2ccccc2Cl)n1. The van der Waals surface area contributed by atoms with Gasteiger partial charge in [-0.25, -0.2) is 9.78 Å². The fourth-order valence-corrected chi connectivity index (χ4v) is 5.00. The zero-order valence-electron chi connectivity index (χ0n) is 16.3. The van der Waals surface area contributed by atoms with Crippen LogP contribution in [0.5, 0.6) is 0 Å². The third-order valence-electron chi connectivity index (χ3n) is 4.20. The van der Waals surface area contributed by atoms with Crippen LogP contribution in [0.4, 0.5) is 0 Å². The Balaban J connectivity index is 1.68. The highest BCUT2D eigenvalue weighted by Crippen LogP contribution is 2.35. The van der Waals surface area contributed by atoms with Crippen molar-refractivity contribution in [1.82, 2.24) is 19.7 Å². The van der Waals surface area contributed by atoms with Gasteiger partial charge in [-0.1, -0.05) is 59.2 Å². The van der Waals surface area contributed by atoms with Gasteiger partial charge in [0.1, 0.15) is 5.01 Å². The summed E-state index contributed by atoms with van der Waals surface area (Å²) in [6, 6.07) is 14.9. The highest BCUT2D eigenvalue weighted by atomic mass is 35.5. The molecule has 0 aliphatic rings. The van der Waals surface area contributed by atoms with E-state index < -0.39 is 5.97 Å². The van der Waals surface area contributed by atoms with Crippen molar-refractivity contribution in [2.45, 2.75) is 17.8 Å². The van der Waals surface area contributed by atoms with Crippen LogP contribution in [0.25, 0.3) is 17.1 Å². The summed E-state index contributed by atoms with van der Waals surface area (Å²) >= 11 is 15.8. The van der Waals surface area contributed by atoms with Crippen molar-refractivity contribution in [3.8, 4) is 17.1 Å². The maximum atomic E-state index is 11.9. The first-order valence-corrected chi connectivity index (χ1v) is 11.9. The van der Waals surface area contributed by atoms with Crippen LogP contribution in [0.15, 0.2) is 59.1 Å². The predicted octanol–water partition coefficient (Wildman–Crippen LogP) is 6.17. The minimum Gasteiger partial charge on any atom is -0.461 e. The number of halogens is 2. The zero-order valence-corrected chi connectivity index (χ0v) is 19.4. The molecule has 31 heavy (non-hydrogen) atoms. The van der Waals surface area contributed by atoms with Crippen LogP contribution in [0, 0.1) is 0 Å². The van der Waals surface area contributed by atoms with E-state index in [1.54, 1.807) is 12.3 Å². The molecule has 0 unspecified atom stereocenters. The van der Waals surface area contributed by atoms with E-state index in [0.29, 0.717) is 39.1 Å². The molecule has 0 N–H and O–H groups in total. The van der Waals surface area contributed by atoms with Gasteiger partial charge < -0.3 is 4.74 Å². The first kappa shape index (κ1) is 21.8. The van der Waals surface area contributed by atoms with Crippen molar-refractivity contribution in [3.63, 3.8) is 0 Å². The van der Waals surface area contributed by atoms with Gasteiger partial charge in [-0.05, 0) is 31.2 Å². The van der Waals surface area contributed by atoms with Crippen LogP contribution in [-0.2, 0) is 10.5 Å². The van der Waals surface area contributed by atoms with Crippen molar-refractivity contribution in [1.29, 1.82) is 0 Å². The Kier molecular flexibility index (Phi) is 6.92. The number of carbonyl (C=O) groups is 1. The zero-order chi connectivity index (χ0) is 21.8. The number of carbonyl (C=O) groups excluding carboxylic acids is 1. The molecule has 10 heteroatoms. The summed E-state index contributed by atoms with van der Waals surface area (Å²) in [5, 5.41) is 13.0. The number of para-hydroxylation sites is 1. The lowest BCUT2D eigenvalue weighted by molar-refractivity contribution is 0.0520. The molecule has 4 aromatic rings. The lowest BCUT2D eigenvalue weighted by Crippen LogP contribution is -2.05. The molecule has 0 fully saturated rings. The van der Waals surface area contributed by atoms with E-state index in [4.69, 9.17) is 27.9 Å². The first-order chi connectivity index (χ1) is 15.1. The number of benzene rings is 2. The van der Waals surface area contributed by atoms with Crippen molar-refractivity contribution in [2.24, 2.45) is 0 Å². The summed E-state index contributed by atoms with van der Waals surface area (Å²) in [5.41, 5.74) is 1.81. The molecule has 2 aromatic carbocycles. The van der Waals surface area contributed by atoms with Gasteiger partial charge in [-0.15, -0.1) is 21.5 Å². The average Bonchev–Trinajstić information content (AvgIpc) is 3.40. The minimum absolute atomic E-state index is 0.312. The van der Waals surface area contributed by atoms with Gasteiger partial charge in [0.2, 0.25) is 0 Å². The van der Waals surface area contributed by atoms with Gasteiger partial charge in [-0.3, -0.25) is 4.57 Å². The Morgan fingerprint density at radius 2 is 1.84 bits per heavy atom. The van der Waals surface area contributed by atoms with Crippen LogP contribution in [-0.4, -0.2) is 32.3 Å². The summed E-state index contributed by atoms with van der Waals surface area (Å²) in [6.45, 7) is 2.07. The van der Waals surface area contributed by atoms with Gasteiger partial charge in [0, 0.05) is 10.9 Å². The number of thioether (sulfide) groups is 1. The molecule has 0 saturated carbocycles. The van der Waals surface area contributed by atoms with E-state index in [2.05, 4.69) is 15.2 Å². The largest absolute Gasteiger partial charge is 0.461 e. The molecule has 158 valence electrons. The van der Waals surface area contributed by atoms with Crippen LogP contribution < -0.4 is 0 Å². The Hall–Kier alpha value is -2.39. The summed E-state index contributed by atoms with van der Waals surface area (Å²) in [5.74, 6) is 0.678. The van der Waals surface area contributed by atoms with Gasteiger partial charge in [0.25, 0.3) is 0 Å². The van der Waals surface area contributed by atoms with Gasteiger partial charge in [-0.2, -0.15) is 0 Å². The molecule has 0 amide bonds. The molecule has 0 saturated heterocycles. The Morgan fingerprint density at radius 3 is 2.58 bits per heavy atom. The molecule has 2 heterocycles. The predicted molar refractivity (Wildman–Crippen MR) is 124 cm³/mol. The van der Waals surface area contributed by atoms with E-state index in [0.717, 1.165) is 16.3 Å². The van der Waals surface area contributed by atoms with E-state index in [1.165, 1.54) is 23.1 Å². The Bertz CT molecular complexity index is 1230. The molecule has 2 aromatic heterocycles. The number of hydrogen-bond donors (Lipinski definition) is 0. The molecular formula is C21H16Cl2N4O2S2. The average molecular weight is 491 g/mol. The van der Waals surface area contributed by atoms with Crippen LogP contribution in [0.1, 0.15) is 22.4 Å². The monoisotopic (exact) mass is 490 g/mol. The van der Waals surface area contributed by atoms with E-state index in [-0.39, 0.29) is 0 Å². The number of rotatable bonds is 7. The highest BCUT2D eigenvalue weighted by molar-refractivity contribution is 7.98. The van der Waals surface area contributed by atoms with Crippen molar-refractivity contribution in [2.75, 3.05) is 6.61 Å². The molecule has 0 aliphatic carbocycles. The van der Waals surface area contributed by atoms with Crippen LogP contribution in [0.2, 0.25) is 10.0 Å². The second-order valence-corrected chi connectivity index (χ2v) is 8.91. The highest BCUT2D eigenvalue weighted by Gasteiger charge is 2.20. The third kappa shape index (κ3) is 4.77. The summed E-state index contributed by atoms with van der Waals surface area (Å²) in [7, 11) is 0. The maximum Gasteiger partial charge on any atom is 0.357 e. The number of esters is 1. The molecule has 0 bridgehead atoms. The Morgan fingerprint density at radius 1 is 1.10 bits per heavy atom. The molecule has 0 radical (unpaired) electrons. The summed E-state index contributed by atoms with van der Waals surface area (Å²) < 4.78 is 6.89. The van der Waals surface area contributed by atoms with Crippen LogP contribution in [0.3, 0.4) is 0 Å². The number of nitrogens with zero attached hydrogens (tertiary/aromatic N) is 4. The second kappa shape index (κ2) is 9.82. The Labute approximate surface area is 197 Å². The van der Waals surface area contributed by atoms with Crippen molar-refractivity contribution >= 4 is 52.3 Å². The minimum atomic E-state index is -0.421. The fourth-order valence-electron chi connectivity index (χ4n) is 2.83. The number of thiazole rings is 1. The topological polar surface area (TPSA) is 69.9 Å². The normalized spacial score (nSPS) is 10.9. The van der Waals surface area contributed by atoms with Crippen LogP contribution >= 0.6 is 46.3 Å². The standard InChI is InChI=1S/C21H16Cl2N4O2S2/c1-2-29-20(28)16-11-30-18(24-16)12-31-21-26-25-19(13-7-3-4-8-14(13)22)27(21)17-10-6-5-9-15(17)23/h3-11H,2,12H2,1H3. The summed E-state index contributed by atoms with van der Waals surface area (Å²) in [4.78, 5) is 16.2. The smallest absolute Gasteiger partial charge is 0.357 e. The molecule has 0 atom stereocenters. The number of hydrogen-bond acceptors (Lipinski definition) is 7. The van der Waals surface area contributed by atoms with Crippen molar-refractivity contribution < 1.29 is 9.53 Å².